The van der Waals surface area contributed by atoms with Crippen molar-refractivity contribution in [1.82, 2.24) is 15.0 Å². The van der Waals surface area contributed by atoms with Crippen LogP contribution in [0.15, 0.2) is 230 Å². The molecule has 0 fully saturated rings. The number of aliphatic hydroxyl groups excluding tert-OH is 3. The number of rotatable bonds is 16. The number of para-hydroxylation sites is 2. The number of fused-ring (bicyclic) bond motifs is 6. The summed E-state index contributed by atoms with van der Waals surface area (Å²) in [7, 11) is 0. The minimum atomic E-state index is -0.417. The second-order valence-electron chi connectivity index (χ2n) is 29.9. The summed E-state index contributed by atoms with van der Waals surface area (Å²) < 4.78 is 30.9. The zero-order valence-electron chi connectivity index (χ0n) is 66.3. The van der Waals surface area contributed by atoms with Crippen LogP contribution in [0.25, 0.3) is 64.6 Å². The molecule has 12 rings (SSSR count). The Labute approximate surface area is 690 Å². The fourth-order valence-electron chi connectivity index (χ4n) is 11.2. The molecule has 3 N–H and O–H groups in total. The second-order valence-corrected chi connectivity index (χ2v) is 29.9. The van der Waals surface area contributed by atoms with Gasteiger partial charge in [-0.2, -0.15) is 48.5 Å². The van der Waals surface area contributed by atoms with E-state index in [0.717, 1.165) is 69.0 Å². The Morgan fingerprint density at radius 3 is 1.42 bits per heavy atom. The molecule has 0 aliphatic rings. The Morgan fingerprint density at radius 2 is 0.936 bits per heavy atom. The Balaban J connectivity index is 0.000000288. The van der Waals surface area contributed by atoms with Crippen molar-refractivity contribution < 1.29 is 109 Å². The van der Waals surface area contributed by atoms with Crippen LogP contribution in [0.3, 0.4) is 0 Å². The third-order valence-electron chi connectivity index (χ3n) is 17.8. The first-order valence-corrected chi connectivity index (χ1v) is 36.5. The molecular weight excluding hydrogens is 1910 g/mol. The molecule has 585 valence electrons. The van der Waals surface area contributed by atoms with Gasteiger partial charge in [0.2, 0.25) is 17.6 Å². The molecule has 3 radical (unpaired) electrons. The van der Waals surface area contributed by atoms with Crippen molar-refractivity contribution >= 4 is 82.0 Å². The van der Waals surface area contributed by atoms with E-state index in [1.54, 1.807) is 18.3 Å². The van der Waals surface area contributed by atoms with E-state index < -0.39 is 5.41 Å². The predicted octanol–water partition coefficient (Wildman–Crippen LogP) is 25.8. The summed E-state index contributed by atoms with van der Waals surface area (Å²) in [5.41, 5.74) is 2.93. The number of aliphatic hydroxyl groups is 3. The number of carbonyl (C=O) groups is 3. The topological polar surface area (TPSA) is 178 Å². The number of aryl methyl sites for hydroxylation is 1. The molecule has 0 unspecified atom stereocenters. The van der Waals surface area contributed by atoms with E-state index in [9.17, 15) is 29.0 Å². The maximum Gasteiger partial charge on any atom is 0.220 e. The zero-order chi connectivity index (χ0) is 78.3. The minimum Gasteiger partial charge on any atom is -0.512 e. The first-order chi connectivity index (χ1) is 50.7. The molecule has 0 aliphatic carbocycles. The van der Waals surface area contributed by atoms with E-state index in [0.29, 0.717) is 40.8 Å². The molecule has 3 aromatic heterocycles. The Kier molecular flexibility index (Phi) is 36.9. The van der Waals surface area contributed by atoms with Gasteiger partial charge in [-0.25, -0.2) is 19.3 Å². The van der Waals surface area contributed by atoms with Crippen molar-refractivity contribution in [1.29, 1.82) is 0 Å². The molecule has 3 heterocycles. The summed E-state index contributed by atoms with van der Waals surface area (Å²) in [6.45, 7) is 35.1. The standard InChI is InChI=1S/2C23H20NO.C19H11FNO.C13H24O2.C11H20O2.C5H8O2.3Ir/c1-23(2,3)20-9-6-10-21(14-20)25-22-13-18-11-16-7-4-5-8-17(16)12-19(18)15-24-22;1-15(2)17-9-10-18-12-20-14-24-23(25-21-7-5-4-6-8-21)16(3)22(20)13-19(18)11-17;20-17-7-6-13-8-16-12-21-19(11-15(16)9-14(13)10-17)22-18-4-2-1-3-5-18;1-5-10(6-2)12(14)9-13(15)11(7-3)8-4;1-10(2,3)8(12)7-9(13)11(4,5)6;1-4(6)3-5(2)7;;;/h4-9,11-15H,1-3H3;4-7,9-15H,1-3H3;1-4,6-12H;9-11,14H,5-8H2,1-4H3;7,12H,1-6H3;3,6H,1-2H3;;;/q3*-1;;;;;;. The summed E-state index contributed by atoms with van der Waals surface area (Å²) in [6.07, 6.45) is 12.9. The number of hydrogen-bond acceptors (Lipinski definition) is 12. The van der Waals surface area contributed by atoms with Gasteiger partial charge in [0.1, 0.15) is 11.6 Å². The Morgan fingerprint density at radius 1 is 0.473 bits per heavy atom. The average molecular weight is 2010 g/mol. The Bertz CT molecular complexity index is 5110. The van der Waals surface area contributed by atoms with Crippen molar-refractivity contribution in [2.45, 2.75) is 162 Å². The maximum atomic E-state index is 13.4. The number of nitrogens with zero attached hydrogens (tertiary/aromatic N) is 3. The predicted molar refractivity (Wildman–Crippen MR) is 437 cm³/mol. The average Bonchev–Trinajstić information content (AvgIpc) is 0.782. The molecular formula is C94H103FIr3N3O9-3. The van der Waals surface area contributed by atoms with Gasteiger partial charge >= 0.3 is 0 Å². The smallest absolute Gasteiger partial charge is 0.220 e. The number of ketones is 3. The van der Waals surface area contributed by atoms with E-state index >= 15 is 0 Å². The van der Waals surface area contributed by atoms with Crippen LogP contribution in [0.5, 0.6) is 34.9 Å². The maximum absolute atomic E-state index is 13.4. The molecule has 0 saturated carbocycles. The molecule has 0 atom stereocenters. The fourth-order valence-corrected chi connectivity index (χ4v) is 11.2. The third-order valence-corrected chi connectivity index (χ3v) is 17.8. The van der Waals surface area contributed by atoms with Crippen molar-refractivity contribution in [3.63, 3.8) is 0 Å². The van der Waals surface area contributed by atoms with Crippen LogP contribution in [0.2, 0.25) is 0 Å². The van der Waals surface area contributed by atoms with Crippen LogP contribution in [0, 0.1) is 53.6 Å². The van der Waals surface area contributed by atoms with Crippen LogP contribution in [0.1, 0.15) is 166 Å². The van der Waals surface area contributed by atoms with Gasteiger partial charge in [-0.1, -0.05) is 152 Å². The van der Waals surface area contributed by atoms with Crippen LogP contribution < -0.4 is 14.2 Å². The number of halogens is 1. The van der Waals surface area contributed by atoms with Gasteiger partial charge < -0.3 is 29.5 Å². The van der Waals surface area contributed by atoms with Crippen LogP contribution >= 0.6 is 0 Å². The monoisotopic (exact) mass is 2020 g/mol. The van der Waals surface area contributed by atoms with Crippen LogP contribution in [-0.4, -0.2) is 47.6 Å². The van der Waals surface area contributed by atoms with Gasteiger partial charge in [0.05, 0.1) is 11.5 Å². The molecule has 12 nitrogen and oxygen atoms in total. The normalized spacial score (nSPS) is 11.6. The van der Waals surface area contributed by atoms with Crippen molar-refractivity contribution in [2.75, 3.05) is 0 Å². The molecule has 0 bridgehead atoms. The van der Waals surface area contributed by atoms with E-state index in [2.05, 4.69) is 147 Å². The largest absolute Gasteiger partial charge is 0.512 e. The zero-order valence-corrected chi connectivity index (χ0v) is 73.5. The number of carbonyl (C=O) groups excluding carboxylic acids is 3. The summed E-state index contributed by atoms with van der Waals surface area (Å²) in [5.74, 6) is 4.57. The number of ether oxygens (including phenoxy) is 3. The number of pyridine rings is 3. The van der Waals surface area contributed by atoms with Crippen molar-refractivity contribution in [3.8, 4) is 34.9 Å². The molecule has 0 amide bonds. The summed E-state index contributed by atoms with van der Waals surface area (Å²) in [5, 5.41) is 40.9. The molecule has 0 saturated heterocycles. The van der Waals surface area contributed by atoms with Gasteiger partial charge in [0.25, 0.3) is 0 Å². The van der Waals surface area contributed by atoms with E-state index in [1.165, 1.54) is 82.3 Å². The number of allylic oxidation sites excluding steroid dienone is 6. The number of hydrogen-bond donors (Lipinski definition) is 3. The number of aromatic nitrogens is 3. The van der Waals surface area contributed by atoms with Crippen LogP contribution in [0.4, 0.5) is 4.39 Å². The molecule has 16 heteroatoms. The van der Waals surface area contributed by atoms with E-state index in [1.807, 2.05) is 160 Å². The fraction of sp³-hybridized carbons (Fsp3) is 0.298. The van der Waals surface area contributed by atoms with E-state index in [-0.39, 0.29) is 123 Å². The molecule has 0 spiro atoms. The van der Waals surface area contributed by atoms with Crippen molar-refractivity contribution in [3.05, 3.63) is 271 Å². The van der Waals surface area contributed by atoms with Gasteiger partial charge in [0, 0.05) is 171 Å². The molecule has 9 aromatic carbocycles. The minimum absolute atomic E-state index is 0. The second kappa shape index (κ2) is 43.5. The summed E-state index contributed by atoms with van der Waals surface area (Å²) in [6, 6.07) is 66.5. The summed E-state index contributed by atoms with van der Waals surface area (Å²) >= 11 is 0. The van der Waals surface area contributed by atoms with E-state index in [4.69, 9.17) is 19.3 Å². The van der Waals surface area contributed by atoms with Crippen molar-refractivity contribution in [2.24, 2.45) is 22.7 Å². The first-order valence-electron chi connectivity index (χ1n) is 36.5. The van der Waals surface area contributed by atoms with Gasteiger partial charge in [-0.3, -0.25) is 14.4 Å². The molecule has 110 heavy (non-hydrogen) atoms. The van der Waals surface area contributed by atoms with Crippen LogP contribution in [-0.2, 0) is 80.1 Å². The summed E-state index contributed by atoms with van der Waals surface area (Å²) in [4.78, 5) is 46.5. The molecule has 12 aromatic rings. The first kappa shape index (κ1) is 93.3. The SMILES string of the molecule is CC(=O)C=C(C)O.CC(C)(C)C(=O)C=C(O)C(C)(C)C.CC(C)(C)c1cc[c-]c(Oc2cc3cc4ccccc4cc3cn2)c1.CCC(CC)C(=O)C=C(O)C(CC)CC.Cc1c(Oc2[c-]cccc2)ncc2cc3ccc(C(C)C)cc3cc12.Fc1ccc2cc3cnc(Oc4[c-]cccc4)cc3cc2c1.[Ir].[Ir].[Ir]. The van der Waals surface area contributed by atoms with Gasteiger partial charge in [-0.15, -0.1) is 42.0 Å². The van der Waals surface area contributed by atoms with Gasteiger partial charge in [0.15, 0.2) is 17.3 Å². The third kappa shape index (κ3) is 28.3. The number of benzene rings is 9. The quantitative estimate of drug-likeness (QED) is 0.0361. The van der Waals surface area contributed by atoms with Gasteiger partial charge in [-0.05, 0) is 160 Å². The Hall–Kier alpha value is -9.10. The molecule has 0 aliphatic heterocycles.